The number of nitrogens with two attached hydrogens (primary N) is 1. The van der Waals surface area contributed by atoms with Crippen LogP contribution >= 0.6 is 34.7 Å². The lowest BCUT2D eigenvalue weighted by Crippen LogP contribution is -2.19. The standard InChI is InChI=1S/C11H8ClN3OS2/c12-6-3-5-7(15-10(16)9(5)13)4-8(6)18-11-14-1-2-17-11/h1-4,9H,13H2,(H,15,16). The topological polar surface area (TPSA) is 68.0 Å². The number of nitrogens with zero attached hydrogens (tertiary/aromatic N) is 1. The molecule has 1 aliphatic rings. The van der Waals surface area contributed by atoms with Crippen molar-refractivity contribution in [2.45, 2.75) is 15.3 Å². The van der Waals surface area contributed by atoms with E-state index >= 15 is 0 Å². The van der Waals surface area contributed by atoms with E-state index < -0.39 is 6.04 Å². The second-order valence-corrected chi connectivity index (χ2v) is 6.33. The first kappa shape index (κ1) is 12.0. The first-order chi connectivity index (χ1) is 8.65. The molecule has 0 spiro atoms. The zero-order valence-corrected chi connectivity index (χ0v) is 11.4. The van der Waals surface area contributed by atoms with Crippen molar-refractivity contribution in [3.8, 4) is 0 Å². The summed E-state index contributed by atoms with van der Waals surface area (Å²) >= 11 is 9.21. The van der Waals surface area contributed by atoms with E-state index in [4.69, 9.17) is 17.3 Å². The second-order valence-electron chi connectivity index (χ2n) is 3.74. The van der Waals surface area contributed by atoms with Crippen LogP contribution in [0, 0.1) is 0 Å². The molecule has 2 heterocycles. The first-order valence-corrected chi connectivity index (χ1v) is 7.20. The predicted octanol–water partition coefficient (Wildman–Crippen LogP) is 2.90. The highest BCUT2D eigenvalue weighted by Crippen LogP contribution is 2.40. The highest BCUT2D eigenvalue weighted by atomic mass is 35.5. The van der Waals surface area contributed by atoms with Crippen LogP contribution in [0.4, 0.5) is 5.69 Å². The predicted molar refractivity (Wildman–Crippen MR) is 73.2 cm³/mol. The molecular formula is C11H8ClN3OS2. The SMILES string of the molecule is NC1C(=O)Nc2cc(Sc3nccs3)c(Cl)cc21. The number of hydrogen-bond acceptors (Lipinski definition) is 5. The maximum Gasteiger partial charge on any atom is 0.245 e. The lowest BCUT2D eigenvalue weighted by Gasteiger charge is -2.06. The number of fused-ring (bicyclic) bond motifs is 1. The summed E-state index contributed by atoms with van der Waals surface area (Å²) in [5.74, 6) is -0.197. The molecule has 0 bridgehead atoms. The molecule has 2 aromatic rings. The van der Waals surface area contributed by atoms with Crippen molar-refractivity contribution in [2.24, 2.45) is 5.73 Å². The fraction of sp³-hybridized carbons (Fsp3) is 0.0909. The molecule has 0 saturated carbocycles. The van der Waals surface area contributed by atoms with Gasteiger partial charge in [0.2, 0.25) is 5.91 Å². The number of carbonyl (C=O) groups excluding carboxylic acids is 1. The smallest absolute Gasteiger partial charge is 0.245 e. The van der Waals surface area contributed by atoms with Gasteiger partial charge in [0.05, 0.1) is 5.02 Å². The Kier molecular flexibility index (Phi) is 3.03. The van der Waals surface area contributed by atoms with Gasteiger partial charge in [-0.15, -0.1) is 11.3 Å². The summed E-state index contributed by atoms with van der Waals surface area (Å²) in [5, 5.41) is 5.23. The van der Waals surface area contributed by atoms with Crippen LogP contribution in [-0.4, -0.2) is 10.9 Å². The van der Waals surface area contributed by atoms with Crippen LogP contribution in [0.2, 0.25) is 5.02 Å². The molecule has 0 radical (unpaired) electrons. The minimum atomic E-state index is -0.628. The van der Waals surface area contributed by atoms with Gasteiger partial charge in [-0.2, -0.15) is 0 Å². The Morgan fingerprint density at radius 3 is 3.06 bits per heavy atom. The molecule has 7 heteroatoms. The number of thiazole rings is 1. The van der Waals surface area contributed by atoms with Crippen molar-refractivity contribution >= 4 is 46.3 Å². The number of aromatic nitrogens is 1. The van der Waals surface area contributed by atoms with Gasteiger partial charge in [-0.1, -0.05) is 23.4 Å². The molecule has 0 fully saturated rings. The molecule has 4 nitrogen and oxygen atoms in total. The molecule has 1 unspecified atom stereocenters. The third kappa shape index (κ3) is 2.01. The Bertz CT molecular complexity index is 615. The fourth-order valence-electron chi connectivity index (χ4n) is 1.72. The molecule has 0 saturated heterocycles. The molecule has 3 rings (SSSR count). The summed E-state index contributed by atoms with van der Waals surface area (Å²) < 4.78 is 0.908. The van der Waals surface area contributed by atoms with Crippen molar-refractivity contribution in [1.82, 2.24) is 4.98 Å². The number of anilines is 1. The van der Waals surface area contributed by atoms with Crippen LogP contribution in [0.25, 0.3) is 0 Å². The van der Waals surface area contributed by atoms with Crippen LogP contribution in [-0.2, 0) is 4.79 Å². The molecule has 0 aliphatic carbocycles. The molecule has 92 valence electrons. The van der Waals surface area contributed by atoms with E-state index in [9.17, 15) is 4.79 Å². The number of carbonyl (C=O) groups is 1. The maximum absolute atomic E-state index is 11.5. The van der Waals surface area contributed by atoms with Gasteiger partial charge in [-0.25, -0.2) is 4.98 Å². The number of rotatable bonds is 2. The van der Waals surface area contributed by atoms with Gasteiger partial charge < -0.3 is 11.1 Å². The average Bonchev–Trinajstić information content (AvgIpc) is 2.92. The average molecular weight is 298 g/mol. The number of hydrogen-bond donors (Lipinski definition) is 2. The van der Waals surface area contributed by atoms with Crippen molar-refractivity contribution in [1.29, 1.82) is 0 Å². The molecule has 1 amide bonds. The third-order valence-electron chi connectivity index (χ3n) is 2.59. The van der Waals surface area contributed by atoms with Crippen molar-refractivity contribution in [3.63, 3.8) is 0 Å². The molecule has 1 aliphatic heterocycles. The summed E-state index contributed by atoms with van der Waals surface area (Å²) in [6.45, 7) is 0. The van der Waals surface area contributed by atoms with E-state index in [0.29, 0.717) is 5.02 Å². The number of amides is 1. The fourth-order valence-corrected chi connectivity index (χ4v) is 3.63. The van der Waals surface area contributed by atoms with Crippen LogP contribution in [0.5, 0.6) is 0 Å². The molecule has 3 N–H and O–H groups in total. The van der Waals surface area contributed by atoms with Crippen molar-refractivity contribution in [3.05, 3.63) is 34.3 Å². The zero-order chi connectivity index (χ0) is 12.7. The Morgan fingerprint density at radius 2 is 2.33 bits per heavy atom. The second kappa shape index (κ2) is 4.55. The minimum Gasteiger partial charge on any atom is -0.324 e. The lowest BCUT2D eigenvalue weighted by atomic mass is 10.1. The Morgan fingerprint density at radius 1 is 1.50 bits per heavy atom. The van der Waals surface area contributed by atoms with Gasteiger partial charge in [0, 0.05) is 27.7 Å². The van der Waals surface area contributed by atoms with E-state index in [0.717, 1.165) is 20.5 Å². The van der Waals surface area contributed by atoms with Gasteiger partial charge in [-0.05, 0) is 12.1 Å². The third-order valence-corrected chi connectivity index (χ3v) is 4.95. The Balaban J connectivity index is 1.98. The quantitative estimate of drug-likeness (QED) is 0.894. The summed E-state index contributed by atoms with van der Waals surface area (Å²) in [6.07, 6.45) is 1.74. The van der Waals surface area contributed by atoms with E-state index in [1.807, 2.05) is 11.4 Å². The van der Waals surface area contributed by atoms with E-state index in [2.05, 4.69) is 10.3 Å². The number of halogens is 1. The van der Waals surface area contributed by atoms with Crippen molar-refractivity contribution < 1.29 is 4.79 Å². The lowest BCUT2D eigenvalue weighted by molar-refractivity contribution is -0.116. The van der Waals surface area contributed by atoms with Gasteiger partial charge in [-0.3, -0.25) is 4.79 Å². The van der Waals surface area contributed by atoms with Crippen LogP contribution < -0.4 is 11.1 Å². The van der Waals surface area contributed by atoms with Crippen molar-refractivity contribution in [2.75, 3.05) is 5.32 Å². The molecule has 1 aromatic heterocycles. The Hall–Kier alpha value is -1.08. The normalized spacial score (nSPS) is 17.7. The first-order valence-electron chi connectivity index (χ1n) is 5.12. The van der Waals surface area contributed by atoms with E-state index in [1.165, 1.54) is 11.8 Å². The minimum absolute atomic E-state index is 0.197. The van der Waals surface area contributed by atoms with Gasteiger partial charge in [0.25, 0.3) is 0 Å². The molecule has 1 atom stereocenters. The van der Waals surface area contributed by atoms with Gasteiger partial charge >= 0.3 is 0 Å². The summed E-state index contributed by atoms with van der Waals surface area (Å²) in [6, 6.07) is 2.96. The summed E-state index contributed by atoms with van der Waals surface area (Å²) in [5.41, 5.74) is 7.23. The Labute approximate surface area is 117 Å². The molecular weight excluding hydrogens is 290 g/mol. The molecule has 1 aromatic carbocycles. The monoisotopic (exact) mass is 297 g/mol. The zero-order valence-electron chi connectivity index (χ0n) is 9.01. The van der Waals surface area contributed by atoms with E-state index in [-0.39, 0.29) is 5.91 Å². The number of nitrogens with one attached hydrogen (secondary N) is 1. The van der Waals surface area contributed by atoms with Crippen LogP contribution in [0.1, 0.15) is 11.6 Å². The molecule has 18 heavy (non-hydrogen) atoms. The highest BCUT2D eigenvalue weighted by molar-refractivity contribution is 8.01. The summed E-state index contributed by atoms with van der Waals surface area (Å²) in [7, 11) is 0. The highest BCUT2D eigenvalue weighted by Gasteiger charge is 2.28. The van der Waals surface area contributed by atoms with Gasteiger partial charge in [0.15, 0.2) is 4.34 Å². The largest absolute Gasteiger partial charge is 0.324 e. The summed E-state index contributed by atoms with van der Waals surface area (Å²) in [4.78, 5) is 16.5. The van der Waals surface area contributed by atoms with E-state index in [1.54, 1.807) is 23.6 Å². The number of benzene rings is 1. The van der Waals surface area contributed by atoms with Crippen LogP contribution in [0.15, 0.2) is 32.9 Å². The van der Waals surface area contributed by atoms with Gasteiger partial charge in [0.1, 0.15) is 6.04 Å². The maximum atomic E-state index is 11.5. The van der Waals surface area contributed by atoms with Crippen LogP contribution in [0.3, 0.4) is 0 Å².